The van der Waals surface area contributed by atoms with Gasteiger partial charge in [0, 0.05) is 13.1 Å². The van der Waals surface area contributed by atoms with Crippen LogP contribution in [0.1, 0.15) is 129 Å². The largest absolute Gasteiger partial charge is 0.395 e. The Morgan fingerprint density at radius 1 is 0.467 bits per heavy atom. The Bertz CT molecular complexity index is 327. The summed E-state index contributed by atoms with van der Waals surface area (Å²) in [6, 6.07) is 0. The van der Waals surface area contributed by atoms with E-state index < -0.39 is 0 Å². The summed E-state index contributed by atoms with van der Waals surface area (Å²) in [6.07, 6.45) is 30.8. The molecule has 0 aliphatic rings. The second-order valence-electron chi connectivity index (χ2n) is 8.99. The highest BCUT2D eigenvalue weighted by atomic mass is 16.3. The van der Waals surface area contributed by atoms with Crippen LogP contribution >= 0.6 is 0 Å². The Kier molecular flexibility index (Phi) is 26.3. The molecule has 0 aromatic rings. The molecular formula is C27H55NO2. The van der Waals surface area contributed by atoms with Crippen molar-refractivity contribution in [2.24, 2.45) is 0 Å². The Labute approximate surface area is 189 Å². The summed E-state index contributed by atoms with van der Waals surface area (Å²) < 4.78 is 0. The molecule has 0 fully saturated rings. The fourth-order valence-electron chi connectivity index (χ4n) is 4.09. The van der Waals surface area contributed by atoms with Crippen molar-refractivity contribution in [3.05, 3.63) is 12.2 Å². The first-order chi connectivity index (χ1) is 14.8. The first-order valence-electron chi connectivity index (χ1n) is 13.4. The third kappa shape index (κ3) is 23.9. The van der Waals surface area contributed by atoms with Gasteiger partial charge in [-0.05, 0) is 38.6 Å². The standard InChI is InChI=1S/C27H55NO2/c1-2-3-4-5-6-7-8-9-10-11-12-13-14-15-16-17-18-19-20-21-22-23-28(24-26-29)25-27-30/h9-10,29-30H,2-8,11-27H2,1H3. The van der Waals surface area contributed by atoms with Gasteiger partial charge in [0.2, 0.25) is 0 Å². The van der Waals surface area contributed by atoms with E-state index in [0.29, 0.717) is 13.1 Å². The Balaban J connectivity index is 3.18. The minimum absolute atomic E-state index is 0.190. The predicted octanol–water partition coefficient (Wildman–Crippen LogP) is 7.26. The second-order valence-corrected chi connectivity index (χ2v) is 8.99. The lowest BCUT2D eigenvalue weighted by Crippen LogP contribution is -2.30. The third-order valence-electron chi connectivity index (χ3n) is 6.07. The molecule has 0 unspecified atom stereocenters. The van der Waals surface area contributed by atoms with Crippen molar-refractivity contribution >= 4 is 0 Å². The molecule has 0 radical (unpaired) electrons. The summed E-state index contributed by atoms with van der Waals surface area (Å²) in [4.78, 5) is 2.16. The fraction of sp³-hybridized carbons (Fsp3) is 0.926. The van der Waals surface area contributed by atoms with E-state index in [2.05, 4.69) is 24.0 Å². The molecular weight excluding hydrogens is 370 g/mol. The molecule has 0 spiro atoms. The van der Waals surface area contributed by atoms with Crippen LogP contribution in [0.2, 0.25) is 0 Å². The van der Waals surface area contributed by atoms with Crippen molar-refractivity contribution in [1.29, 1.82) is 0 Å². The highest BCUT2D eigenvalue weighted by molar-refractivity contribution is 4.81. The van der Waals surface area contributed by atoms with E-state index in [4.69, 9.17) is 10.2 Å². The number of aliphatic hydroxyl groups is 2. The van der Waals surface area contributed by atoms with E-state index in [0.717, 1.165) is 6.54 Å². The van der Waals surface area contributed by atoms with Gasteiger partial charge in [-0.25, -0.2) is 0 Å². The molecule has 0 saturated heterocycles. The highest BCUT2D eigenvalue weighted by Crippen LogP contribution is 2.13. The smallest absolute Gasteiger partial charge is 0.0558 e. The lowest BCUT2D eigenvalue weighted by molar-refractivity contribution is 0.159. The van der Waals surface area contributed by atoms with Gasteiger partial charge in [0.15, 0.2) is 0 Å². The van der Waals surface area contributed by atoms with Gasteiger partial charge in [-0.2, -0.15) is 0 Å². The average molecular weight is 426 g/mol. The summed E-state index contributed by atoms with van der Waals surface area (Å²) in [5, 5.41) is 18.0. The zero-order chi connectivity index (χ0) is 22.0. The van der Waals surface area contributed by atoms with E-state index in [1.807, 2.05) is 0 Å². The quantitative estimate of drug-likeness (QED) is 0.119. The maximum absolute atomic E-state index is 9.01. The van der Waals surface area contributed by atoms with Gasteiger partial charge in [-0.3, -0.25) is 4.90 Å². The van der Waals surface area contributed by atoms with Crippen molar-refractivity contribution in [2.45, 2.75) is 129 Å². The molecule has 0 saturated carbocycles. The normalized spacial score (nSPS) is 11.9. The first-order valence-corrected chi connectivity index (χ1v) is 13.4. The number of hydrogen-bond acceptors (Lipinski definition) is 3. The maximum Gasteiger partial charge on any atom is 0.0558 e. The molecule has 30 heavy (non-hydrogen) atoms. The maximum atomic E-state index is 9.01. The van der Waals surface area contributed by atoms with Crippen LogP contribution < -0.4 is 0 Å². The highest BCUT2D eigenvalue weighted by Gasteiger charge is 2.02. The summed E-state index contributed by atoms with van der Waals surface area (Å²) in [6.45, 7) is 5.05. The van der Waals surface area contributed by atoms with Crippen LogP contribution in [-0.4, -0.2) is 48.0 Å². The molecule has 0 atom stereocenters. The van der Waals surface area contributed by atoms with Crippen LogP contribution in [0.25, 0.3) is 0 Å². The summed E-state index contributed by atoms with van der Waals surface area (Å²) in [5.41, 5.74) is 0. The van der Waals surface area contributed by atoms with Crippen LogP contribution in [0.5, 0.6) is 0 Å². The molecule has 2 N–H and O–H groups in total. The van der Waals surface area contributed by atoms with Crippen molar-refractivity contribution in [3.63, 3.8) is 0 Å². The zero-order valence-corrected chi connectivity index (χ0v) is 20.5. The number of rotatable bonds is 25. The number of aliphatic hydroxyl groups excluding tert-OH is 2. The predicted molar refractivity (Wildman–Crippen MR) is 133 cm³/mol. The third-order valence-corrected chi connectivity index (χ3v) is 6.07. The molecule has 0 heterocycles. The van der Waals surface area contributed by atoms with Crippen molar-refractivity contribution in [1.82, 2.24) is 4.90 Å². The van der Waals surface area contributed by atoms with E-state index in [9.17, 15) is 0 Å². The lowest BCUT2D eigenvalue weighted by atomic mass is 10.0. The van der Waals surface area contributed by atoms with Gasteiger partial charge in [-0.15, -0.1) is 0 Å². The Morgan fingerprint density at radius 2 is 0.833 bits per heavy atom. The lowest BCUT2D eigenvalue weighted by Gasteiger charge is -2.19. The number of unbranched alkanes of at least 4 members (excludes halogenated alkanes) is 17. The van der Waals surface area contributed by atoms with Gasteiger partial charge < -0.3 is 10.2 Å². The first kappa shape index (κ1) is 29.6. The van der Waals surface area contributed by atoms with Crippen LogP contribution in [0.4, 0.5) is 0 Å². The minimum atomic E-state index is 0.190. The van der Waals surface area contributed by atoms with Crippen LogP contribution in [0.3, 0.4) is 0 Å². The van der Waals surface area contributed by atoms with Crippen LogP contribution in [0.15, 0.2) is 12.2 Å². The van der Waals surface area contributed by atoms with Gasteiger partial charge in [0.1, 0.15) is 0 Å². The second kappa shape index (κ2) is 26.7. The number of nitrogens with zero attached hydrogens (tertiary/aromatic N) is 1. The summed E-state index contributed by atoms with van der Waals surface area (Å²) >= 11 is 0. The molecule has 0 amide bonds. The number of allylic oxidation sites excluding steroid dienone is 2. The van der Waals surface area contributed by atoms with Gasteiger partial charge in [0.05, 0.1) is 13.2 Å². The molecule has 0 aliphatic heterocycles. The number of hydrogen-bond donors (Lipinski definition) is 2. The van der Waals surface area contributed by atoms with Crippen molar-refractivity contribution < 1.29 is 10.2 Å². The molecule has 0 aliphatic carbocycles. The molecule has 3 nitrogen and oxygen atoms in total. The fourth-order valence-corrected chi connectivity index (χ4v) is 4.09. The van der Waals surface area contributed by atoms with E-state index in [1.54, 1.807) is 0 Å². The van der Waals surface area contributed by atoms with Crippen LogP contribution in [-0.2, 0) is 0 Å². The molecule has 180 valence electrons. The molecule has 3 heteroatoms. The SMILES string of the molecule is CCCCCCCCC=CCCCCCCCCCCCCCN(CCO)CCO. The average Bonchev–Trinajstić information content (AvgIpc) is 2.75. The zero-order valence-electron chi connectivity index (χ0n) is 20.5. The van der Waals surface area contributed by atoms with Gasteiger partial charge in [-0.1, -0.05) is 109 Å². The monoisotopic (exact) mass is 425 g/mol. The van der Waals surface area contributed by atoms with E-state index >= 15 is 0 Å². The van der Waals surface area contributed by atoms with Crippen molar-refractivity contribution in [2.75, 3.05) is 32.8 Å². The van der Waals surface area contributed by atoms with E-state index in [1.165, 1.54) is 122 Å². The summed E-state index contributed by atoms with van der Waals surface area (Å²) in [7, 11) is 0. The molecule has 0 aromatic carbocycles. The topological polar surface area (TPSA) is 43.7 Å². The summed E-state index contributed by atoms with van der Waals surface area (Å²) in [5.74, 6) is 0. The van der Waals surface area contributed by atoms with E-state index in [-0.39, 0.29) is 13.2 Å². The minimum Gasteiger partial charge on any atom is -0.395 e. The van der Waals surface area contributed by atoms with Crippen LogP contribution in [0, 0.1) is 0 Å². The van der Waals surface area contributed by atoms with Crippen molar-refractivity contribution in [3.8, 4) is 0 Å². The Morgan fingerprint density at radius 3 is 1.23 bits per heavy atom. The molecule has 0 bridgehead atoms. The Hall–Kier alpha value is -0.380. The van der Waals surface area contributed by atoms with Gasteiger partial charge in [0.25, 0.3) is 0 Å². The molecule has 0 rings (SSSR count). The van der Waals surface area contributed by atoms with Gasteiger partial charge >= 0.3 is 0 Å². The molecule has 0 aromatic heterocycles.